The maximum Gasteiger partial charge on any atom is 0.336 e. The molecule has 4 aromatic rings. The number of carboxylic acid groups (broad SMARTS) is 1. The van der Waals surface area contributed by atoms with Crippen LogP contribution in [0.1, 0.15) is 20.7 Å². The number of fused-ring (bicyclic) bond motifs is 1. The van der Waals surface area contributed by atoms with Crippen molar-refractivity contribution in [1.82, 2.24) is 3.97 Å². The molecular formula is C23H17FN2O6S. The molecule has 10 heteroatoms. The van der Waals surface area contributed by atoms with Crippen molar-refractivity contribution in [3.05, 3.63) is 89.9 Å². The lowest BCUT2D eigenvalue weighted by molar-refractivity contribution is 0.0692. The van der Waals surface area contributed by atoms with Crippen LogP contribution in [0, 0.1) is 5.82 Å². The fraction of sp³-hybridized carbons (Fsp3) is 0.0435. The summed E-state index contributed by atoms with van der Waals surface area (Å²) in [7, 11) is -3.05. The zero-order chi connectivity index (χ0) is 23.8. The van der Waals surface area contributed by atoms with Gasteiger partial charge < -0.3 is 15.2 Å². The summed E-state index contributed by atoms with van der Waals surface area (Å²) in [6.45, 7) is 0. The Bertz CT molecular complexity index is 1510. The molecule has 33 heavy (non-hydrogen) atoms. The van der Waals surface area contributed by atoms with Gasteiger partial charge in [-0.25, -0.2) is 21.6 Å². The van der Waals surface area contributed by atoms with Crippen molar-refractivity contribution in [1.29, 1.82) is 0 Å². The first-order valence-electron chi connectivity index (χ1n) is 9.57. The van der Waals surface area contributed by atoms with Crippen molar-refractivity contribution in [2.45, 2.75) is 4.90 Å². The van der Waals surface area contributed by atoms with Crippen LogP contribution in [-0.4, -0.2) is 36.5 Å². The molecule has 168 valence electrons. The van der Waals surface area contributed by atoms with Gasteiger partial charge >= 0.3 is 5.97 Å². The predicted octanol–water partition coefficient (Wildman–Crippen LogP) is 3.98. The molecule has 3 aromatic carbocycles. The largest absolute Gasteiger partial charge is 0.495 e. The van der Waals surface area contributed by atoms with E-state index in [0.717, 1.165) is 16.1 Å². The van der Waals surface area contributed by atoms with Gasteiger partial charge in [0.1, 0.15) is 16.5 Å². The highest BCUT2D eigenvalue weighted by molar-refractivity contribution is 7.90. The number of nitrogens with one attached hydrogen (secondary N) is 1. The van der Waals surface area contributed by atoms with Gasteiger partial charge in [-0.1, -0.05) is 30.3 Å². The van der Waals surface area contributed by atoms with Gasteiger partial charge in [0.2, 0.25) is 0 Å². The van der Waals surface area contributed by atoms with E-state index in [1.165, 1.54) is 37.6 Å². The molecule has 1 heterocycles. The second-order valence-corrected chi connectivity index (χ2v) is 8.75. The number of benzene rings is 3. The predicted molar refractivity (Wildman–Crippen MR) is 119 cm³/mol. The maximum absolute atomic E-state index is 14.7. The summed E-state index contributed by atoms with van der Waals surface area (Å²) in [5.41, 5.74) is -0.530. The normalized spacial score (nSPS) is 11.3. The lowest BCUT2D eigenvalue weighted by Gasteiger charge is -2.15. The van der Waals surface area contributed by atoms with Gasteiger partial charge in [-0.15, -0.1) is 0 Å². The first kappa shape index (κ1) is 22.0. The van der Waals surface area contributed by atoms with Crippen molar-refractivity contribution in [3.63, 3.8) is 0 Å². The Balaban J connectivity index is 1.80. The number of aromatic carboxylic acids is 1. The van der Waals surface area contributed by atoms with Crippen LogP contribution >= 0.6 is 0 Å². The van der Waals surface area contributed by atoms with E-state index in [2.05, 4.69) is 5.32 Å². The monoisotopic (exact) mass is 468 g/mol. The second kappa shape index (κ2) is 8.40. The zero-order valence-electron chi connectivity index (χ0n) is 17.2. The summed E-state index contributed by atoms with van der Waals surface area (Å²) in [4.78, 5) is 23.7. The Kier molecular flexibility index (Phi) is 5.60. The third kappa shape index (κ3) is 3.92. The fourth-order valence-electron chi connectivity index (χ4n) is 3.42. The number of hydrogen-bond acceptors (Lipinski definition) is 5. The number of carbonyl (C=O) groups is 2. The van der Waals surface area contributed by atoms with E-state index >= 15 is 0 Å². The molecule has 0 bridgehead atoms. The maximum atomic E-state index is 14.7. The molecule has 2 N–H and O–H groups in total. The van der Waals surface area contributed by atoms with Crippen LogP contribution in [0.25, 0.3) is 10.9 Å². The molecule has 0 fully saturated rings. The molecule has 4 rings (SSSR count). The Morgan fingerprint density at radius 1 is 1.00 bits per heavy atom. The van der Waals surface area contributed by atoms with Crippen molar-refractivity contribution in [3.8, 4) is 5.75 Å². The smallest absolute Gasteiger partial charge is 0.336 e. The average molecular weight is 468 g/mol. The molecule has 1 aromatic heterocycles. The van der Waals surface area contributed by atoms with Crippen molar-refractivity contribution >= 4 is 38.5 Å². The molecule has 0 atom stereocenters. The summed E-state index contributed by atoms with van der Waals surface area (Å²) in [6, 6.07) is 15.6. The summed E-state index contributed by atoms with van der Waals surface area (Å²) in [5.74, 6) is -3.45. The molecule has 0 saturated carbocycles. The minimum absolute atomic E-state index is 0.207. The molecule has 8 nitrogen and oxygen atoms in total. The molecule has 0 aliphatic carbocycles. The lowest BCUT2D eigenvalue weighted by atomic mass is 10.1. The number of carbonyl (C=O) groups excluding carboxylic acids is 1. The van der Waals surface area contributed by atoms with Crippen molar-refractivity contribution < 1.29 is 32.2 Å². The van der Waals surface area contributed by atoms with Crippen molar-refractivity contribution in [2.75, 3.05) is 12.4 Å². The van der Waals surface area contributed by atoms with Crippen molar-refractivity contribution in [2.24, 2.45) is 0 Å². The minimum Gasteiger partial charge on any atom is -0.495 e. The van der Waals surface area contributed by atoms with E-state index in [1.807, 2.05) is 0 Å². The highest BCUT2D eigenvalue weighted by atomic mass is 32.2. The Morgan fingerprint density at radius 2 is 1.67 bits per heavy atom. The summed E-state index contributed by atoms with van der Waals surface area (Å²) in [5, 5.41) is 12.2. The number of nitrogens with zero attached hydrogens (tertiary/aromatic N) is 1. The summed E-state index contributed by atoms with van der Waals surface area (Å²) < 4.78 is 47.7. The van der Waals surface area contributed by atoms with Gasteiger partial charge in [0.15, 0.2) is 0 Å². The second-order valence-electron chi connectivity index (χ2n) is 6.96. The number of hydrogen-bond donors (Lipinski definition) is 2. The van der Waals surface area contributed by atoms with Crippen LogP contribution in [0.5, 0.6) is 5.75 Å². The van der Waals surface area contributed by atoms with E-state index in [-0.39, 0.29) is 21.8 Å². The number of amides is 1. The van der Waals surface area contributed by atoms with Gasteiger partial charge in [0, 0.05) is 17.6 Å². The Labute approximate surface area is 187 Å². The number of ether oxygens (including phenoxy) is 1. The summed E-state index contributed by atoms with van der Waals surface area (Å²) in [6.07, 6.45) is 1.37. The highest BCUT2D eigenvalue weighted by Gasteiger charge is 2.26. The number of methoxy groups -OCH3 is 1. The first-order chi connectivity index (χ1) is 15.7. The number of anilines is 1. The quantitative estimate of drug-likeness (QED) is 0.442. The molecule has 1 amide bonds. The van der Waals surface area contributed by atoms with Gasteiger partial charge in [-0.3, -0.25) is 4.79 Å². The van der Waals surface area contributed by atoms with Gasteiger partial charge in [0.25, 0.3) is 15.9 Å². The van der Waals surface area contributed by atoms with E-state index in [0.29, 0.717) is 10.9 Å². The first-order valence-corrected chi connectivity index (χ1v) is 11.0. The van der Waals surface area contributed by atoms with Gasteiger partial charge in [-0.2, -0.15) is 0 Å². The van der Waals surface area contributed by atoms with E-state index in [9.17, 15) is 27.5 Å². The Hall–Kier alpha value is -4.18. The number of para-hydroxylation sites is 1. The number of rotatable bonds is 6. The van der Waals surface area contributed by atoms with E-state index in [1.54, 1.807) is 30.3 Å². The number of halogens is 1. The summed E-state index contributed by atoms with van der Waals surface area (Å²) >= 11 is 0. The average Bonchev–Trinajstić information content (AvgIpc) is 3.25. The third-order valence-electron chi connectivity index (χ3n) is 5.00. The number of carboxylic acids is 1. The van der Waals surface area contributed by atoms with Crippen LogP contribution in [0.2, 0.25) is 0 Å². The SMILES string of the molecule is COc1cc(F)c(NC(=O)c2ccccc2C(=O)O)cc1S(=O)(=O)n1ccc2ccccc21. The molecule has 0 radical (unpaired) electrons. The lowest BCUT2D eigenvalue weighted by Crippen LogP contribution is -2.18. The fourth-order valence-corrected chi connectivity index (χ4v) is 4.94. The standard InChI is InChI=1S/C23H17FN2O6S/c1-32-20-12-17(24)18(25-22(27)15-7-3-4-8-16(15)23(28)29)13-21(20)33(30,31)26-11-10-14-6-2-5-9-19(14)26/h2-13H,1H3,(H,25,27)(H,28,29). The molecule has 0 spiro atoms. The third-order valence-corrected chi connectivity index (χ3v) is 6.72. The minimum atomic E-state index is -4.25. The molecule has 0 aliphatic heterocycles. The van der Waals surface area contributed by atoms with Crippen LogP contribution in [0.4, 0.5) is 10.1 Å². The van der Waals surface area contributed by atoms with E-state index in [4.69, 9.17) is 4.74 Å². The molecule has 0 unspecified atom stereocenters. The van der Waals surface area contributed by atoms with E-state index < -0.39 is 33.4 Å². The van der Waals surface area contributed by atoms with Crippen LogP contribution in [0.15, 0.2) is 77.8 Å². The topological polar surface area (TPSA) is 115 Å². The van der Waals surface area contributed by atoms with Crippen LogP contribution < -0.4 is 10.1 Å². The van der Waals surface area contributed by atoms with Gasteiger partial charge in [-0.05, 0) is 30.3 Å². The highest BCUT2D eigenvalue weighted by Crippen LogP contribution is 2.33. The molecule has 0 saturated heterocycles. The molecule has 0 aliphatic rings. The van der Waals surface area contributed by atoms with Gasteiger partial charge in [0.05, 0.1) is 29.4 Å². The Morgan fingerprint density at radius 3 is 2.36 bits per heavy atom. The zero-order valence-corrected chi connectivity index (χ0v) is 18.0. The molecular weight excluding hydrogens is 451 g/mol. The van der Waals surface area contributed by atoms with Crippen LogP contribution in [-0.2, 0) is 10.0 Å². The number of aromatic nitrogens is 1. The van der Waals surface area contributed by atoms with Crippen LogP contribution in [0.3, 0.4) is 0 Å².